The van der Waals surface area contributed by atoms with Crippen LogP contribution < -0.4 is 0 Å². The van der Waals surface area contributed by atoms with Gasteiger partial charge in [0.1, 0.15) is 0 Å². The molecule has 0 radical (unpaired) electrons. The topological polar surface area (TPSA) is 52.9 Å². The van der Waals surface area contributed by atoms with E-state index >= 15 is 0 Å². The summed E-state index contributed by atoms with van der Waals surface area (Å²) in [4.78, 5) is 18.2. The van der Waals surface area contributed by atoms with Crippen LogP contribution in [0.5, 0.6) is 0 Å². The fraction of sp³-hybridized carbons (Fsp3) is 0.231. The van der Waals surface area contributed by atoms with Crippen LogP contribution in [0.4, 0.5) is 0 Å². The lowest BCUT2D eigenvalue weighted by atomic mass is 9.89. The summed E-state index contributed by atoms with van der Waals surface area (Å²) in [6.45, 7) is 7.31. The van der Waals surface area contributed by atoms with Crippen molar-refractivity contribution in [2.45, 2.75) is 19.4 Å². The van der Waals surface area contributed by atoms with Crippen molar-refractivity contribution in [1.29, 1.82) is 0 Å². The number of carbonyl (C=O) groups is 1. The molecule has 4 rings (SSSR count). The summed E-state index contributed by atoms with van der Waals surface area (Å²) in [7, 11) is 1.59. The van der Waals surface area contributed by atoms with E-state index in [0.29, 0.717) is 11.3 Å². The molecule has 0 saturated carbocycles. The van der Waals surface area contributed by atoms with Crippen LogP contribution in [0.3, 0.4) is 0 Å². The second-order valence-corrected chi connectivity index (χ2v) is 7.78. The lowest BCUT2D eigenvalue weighted by Gasteiger charge is -2.18. The number of hydrogen-bond donors (Lipinski definition) is 1. The first-order valence-electron chi connectivity index (χ1n) is 10.3. The molecule has 1 aliphatic carbocycles. The van der Waals surface area contributed by atoms with Gasteiger partial charge in [-0.15, -0.1) is 0 Å². The van der Waals surface area contributed by atoms with Gasteiger partial charge in [-0.25, -0.2) is 4.79 Å². The van der Waals surface area contributed by atoms with Crippen molar-refractivity contribution >= 4 is 17.3 Å². The minimum absolute atomic E-state index is 0.181. The second-order valence-electron chi connectivity index (χ2n) is 7.78. The number of benzene rings is 2. The Balaban J connectivity index is 1.63. The number of aliphatic imine (C=N–C) groups is 1. The van der Waals surface area contributed by atoms with Crippen molar-refractivity contribution in [3.05, 3.63) is 89.5 Å². The summed E-state index contributed by atoms with van der Waals surface area (Å²) in [5.74, 6) is -0.991. The quantitative estimate of drug-likeness (QED) is 0.772. The van der Waals surface area contributed by atoms with Crippen LogP contribution in [-0.2, 0) is 11.3 Å². The Morgan fingerprint density at radius 2 is 1.70 bits per heavy atom. The largest absolute Gasteiger partial charge is 0.478 e. The minimum Gasteiger partial charge on any atom is -0.478 e. The molecule has 0 bridgehead atoms. The molecule has 30 heavy (non-hydrogen) atoms. The molecular weight excluding hydrogens is 372 g/mol. The van der Waals surface area contributed by atoms with Gasteiger partial charge in [0.15, 0.2) is 0 Å². The zero-order valence-electron chi connectivity index (χ0n) is 17.3. The third-order valence-electron chi connectivity index (χ3n) is 5.78. The van der Waals surface area contributed by atoms with Crippen molar-refractivity contribution in [2.24, 2.45) is 4.99 Å². The Bertz CT molecular complexity index is 1070. The van der Waals surface area contributed by atoms with Gasteiger partial charge in [-0.05, 0) is 71.5 Å². The third kappa shape index (κ3) is 4.05. The number of rotatable bonds is 5. The molecule has 4 heteroatoms. The second kappa shape index (κ2) is 8.64. The summed E-state index contributed by atoms with van der Waals surface area (Å²) in [5, 5.41) is 9.54. The Morgan fingerprint density at radius 1 is 1.03 bits per heavy atom. The summed E-state index contributed by atoms with van der Waals surface area (Å²) in [5.41, 5.74) is 6.79. The number of carboxylic acids is 1. The highest BCUT2D eigenvalue weighted by molar-refractivity contribution is 6.30. The first-order chi connectivity index (χ1) is 14.6. The molecule has 0 atom stereocenters. The van der Waals surface area contributed by atoms with Gasteiger partial charge in [0, 0.05) is 13.6 Å². The smallest absolute Gasteiger partial charge is 0.337 e. The Labute approximate surface area is 177 Å². The SMILES string of the molecule is C=C1C=C(c2ccc(-c3ccccc3CN3CCCC3)cc2)C=C(C(=O)O)/C1=N/C. The van der Waals surface area contributed by atoms with Gasteiger partial charge in [-0.1, -0.05) is 55.1 Å². The fourth-order valence-corrected chi connectivity index (χ4v) is 4.25. The Morgan fingerprint density at radius 3 is 2.37 bits per heavy atom. The molecule has 0 unspecified atom stereocenters. The van der Waals surface area contributed by atoms with E-state index in [0.717, 1.165) is 17.7 Å². The fourth-order valence-electron chi connectivity index (χ4n) is 4.25. The van der Waals surface area contributed by atoms with Crippen LogP contribution in [0.2, 0.25) is 0 Å². The van der Waals surface area contributed by atoms with E-state index in [4.69, 9.17) is 0 Å². The number of nitrogens with zero attached hydrogens (tertiary/aromatic N) is 2. The van der Waals surface area contributed by atoms with Crippen LogP contribution in [0.15, 0.2) is 83.4 Å². The maximum atomic E-state index is 11.6. The van der Waals surface area contributed by atoms with Crippen LogP contribution in [0.25, 0.3) is 16.7 Å². The predicted octanol–water partition coefficient (Wildman–Crippen LogP) is 4.98. The van der Waals surface area contributed by atoms with E-state index < -0.39 is 5.97 Å². The number of allylic oxidation sites excluding steroid dienone is 4. The molecule has 0 amide bonds. The van der Waals surface area contributed by atoms with Gasteiger partial charge >= 0.3 is 5.97 Å². The maximum absolute atomic E-state index is 11.6. The molecule has 2 aromatic rings. The summed E-state index contributed by atoms with van der Waals surface area (Å²) in [6, 6.07) is 16.9. The zero-order valence-corrected chi connectivity index (χ0v) is 17.3. The van der Waals surface area contributed by atoms with E-state index in [1.807, 2.05) is 18.2 Å². The highest BCUT2D eigenvalue weighted by Gasteiger charge is 2.22. The lowest BCUT2D eigenvalue weighted by Crippen LogP contribution is -2.18. The zero-order chi connectivity index (χ0) is 21.1. The van der Waals surface area contributed by atoms with Gasteiger partial charge in [0.05, 0.1) is 11.3 Å². The summed E-state index contributed by atoms with van der Waals surface area (Å²) >= 11 is 0. The first kappa shape index (κ1) is 20.0. The molecule has 1 aliphatic heterocycles. The van der Waals surface area contributed by atoms with Gasteiger partial charge in [0.25, 0.3) is 0 Å². The van der Waals surface area contributed by atoms with Crippen LogP contribution >= 0.6 is 0 Å². The lowest BCUT2D eigenvalue weighted by molar-refractivity contribution is -0.132. The molecule has 1 heterocycles. The van der Waals surface area contributed by atoms with Crippen molar-refractivity contribution in [3.8, 4) is 11.1 Å². The normalized spacial score (nSPS) is 18.4. The van der Waals surface area contributed by atoms with Crippen molar-refractivity contribution in [2.75, 3.05) is 20.1 Å². The summed E-state index contributed by atoms with van der Waals surface area (Å²) < 4.78 is 0. The molecule has 2 aliphatic rings. The maximum Gasteiger partial charge on any atom is 0.337 e. The summed E-state index contributed by atoms with van der Waals surface area (Å²) in [6.07, 6.45) is 6.14. The molecular formula is C26H26N2O2. The molecule has 0 spiro atoms. The van der Waals surface area contributed by atoms with Crippen LogP contribution in [0, 0.1) is 0 Å². The monoisotopic (exact) mass is 398 g/mol. The van der Waals surface area contributed by atoms with Gasteiger partial charge < -0.3 is 5.11 Å². The van der Waals surface area contributed by atoms with Crippen molar-refractivity contribution < 1.29 is 9.90 Å². The first-order valence-corrected chi connectivity index (χ1v) is 10.3. The van der Waals surface area contributed by atoms with Gasteiger partial charge in [-0.3, -0.25) is 9.89 Å². The average Bonchev–Trinajstić information content (AvgIpc) is 3.27. The van der Waals surface area contributed by atoms with Gasteiger partial charge in [0.2, 0.25) is 0 Å². The molecule has 0 aromatic heterocycles. The molecule has 2 aromatic carbocycles. The molecule has 4 nitrogen and oxygen atoms in total. The predicted molar refractivity (Wildman–Crippen MR) is 123 cm³/mol. The van der Waals surface area contributed by atoms with E-state index in [-0.39, 0.29) is 5.57 Å². The Hall–Kier alpha value is -3.24. The van der Waals surface area contributed by atoms with Crippen molar-refractivity contribution in [3.63, 3.8) is 0 Å². The number of carboxylic acid groups (broad SMARTS) is 1. The van der Waals surface area contributed by atoms with Crippen molar-refractivity contribution in [1.82, 2.24) is 4.90 Å². The standard InChI is InChI=1S/C26H26N2O2/c1-18-15-22(16-24(26(29)30)25(18)27-2)19-9-11-20(12-10-19)23-8-4-3-7-21(23)17-28-13-5-6-14-28/h3-4,7-12,15-16H,1,5-6,13-14,17H2,2H3,(H,29,30)/b27-25+. The third-order valence-corrected chi connectivity index (χ3v) is 5.78. The van der Waals surface area contributed by atoms with Crippen LogP contribution in [-0.4, -0.2) is 41.8 Å². The average molecular weight is 399 g/mol. The molecule has 1 N–H and O–H groups in total. The number of likely N-dealkylation sites (tertiary alicyclic amines) is 1. The minimum atomic E-state index is -0.991. The van der Waals surface area contributed by atoms with Crippen LogP contribution in [0.1, 0.15) is 24.0 Å². The Kier molecular flexibility index (Phi) is 5.77. The molecule has 1 saturated heterocycles. The molecule has 1 fully saturated rings. The highest BCUT2D eigenvalue weighted by atomic mass is 16.4. The van der Waals surface area contributed by atoms with Gasteiger partial charge in [-0.2, -0.15) is 0 Å². The number of aliphatic carboxylic acids is 1. The van der Waals surface area contributed by atoms with E-state index in [2.05, 4.69) is 52.9 Å². The van der Waals surface area contributed by atoms with E-state index in [1.165, 1.54) is 42.6 Å². The number of hydrogen-bond acceptors (Lipinski definition) is 3. The van der Waals surface area contributed by atoms with E-state index in [9.17, 15) is 9.90 Å². The highest BCUT2D eigenvalue weighted by Crippen LogP contribution is 2.30. The molecule has 152 valence electrons. The van der Waals surface area contributed by atoms with E-state index in [1.54, 1.807) is 13.1 Å².